The van der Waals surface area contributed by atoms with Gasteiger partial charge in [-0.15, -0.1) is 0 Å². The maximum absolute atomic E-state index is 11.7. The maximum Gasteiger partial charge on any atom is 0.254 e. The van der Waals surface area contributed by atoms with Crippen LogP contribution in [0.15, 0.2) is 35.5 Å². The monoisotopic (exact) mass is 215 g/mol. The van der Waals surface area contributed by atoms with Crippen molar-refractivity contribution < 1.29 is 0 Å². The van der Waals surface area contributed by atoms with Gasteiger partial charge in [0.05, 0.1) is 17.7 Å². The molecule has 4 nitrogen and oxygen atoms in total. The number of nitrogens with zero attached hydrogens (tertiary/aromatic N) is 2. The molecule has 0 amide bonds. The van der Waals surface area contributed by atoms with Gasteiger partial charge in [0.1, 0.15) is 0 Å². The Labute approximate surface area is 93.4 Å². The third kappa shape index (κ3) is 1.86. The Kier molecular flexibility index (Phi) is 2.81. The molecular formula is C12H13N3O. The third-order valence-corrected chi connectivity index (χ3v) is 2.37. The summed E-state index contributed by atoms with van der Waals surface area (Å²) in [5.41, 5.74) is 1.99. The zero-order valence-electron chi connectivity index (χ0n) is 9.27. The molecular weight excluding hydrogens is 202 g/mol. The van der Waals surface area contributed by atoms with E-state index < -0.39 is 0 Å². The van der Waals surface area contributed by atoms with Crippen LogP contribution in [0.3, 0.4) is 0 Å². The molecule has 0 radical (unpaired) electrons. The van der Waals surface area contributed by atoms with Gasteiger partial charge in [0.25, 0.3) is 5.56 Å². The van der Waals surface area contributed by atoms with Gasteiger partial charge in [0.15, 0.2) is 0 Å². The molecule has 0 saturated heterocycles. The molecule has 1 N–H and O–H groups in total. The maximum atomic E-state index is 11.7. The number of aromatic nitrogens is 3. The van der Waals surface area contributed by atoms with Crippen molar-refractivity contribution in [1.82, 2.24) is 15.0 Å². The molecule has 2 heterocycles. The zero-order chi connectivity index (χ0) is 11.5. The number of hydrogen-bond donors (Lipinski definition) is 1. The van der Waals surface area contributed by atoms with E-state index in [1.165, 1.54) is 6.33 Å². The molecule has 2 aromatic heterocycles. The van der Waals surface area contributed by atoms with Crippen LogP contribution in [0.1, 0.15) is 25.3 Å². The fourth-order valence-corrected chi connectivity index (χ4v) is 1.65. The van der Waals surface area contributed by atoms with Crippen molar-refractivity contribution in [2.24, 2.45) is 0 Å². The van der Waals surface area contributed by atoms with Crippen molar-refractivity contribution in [2.45, 2.75) is 19.8 Å². The molecule has 2 rings (SSSR count). The smallest absolute Gasteiger partial charge is 0.254 e. The Morgan fingerprint density at radius 1 is 1.25 bits per heavy atom. The van der Waals surface area contributed by atoms with Gasteiger partial charge in [0, 0.05) is 11.8 Å². The highest BCUT2D eigenvalue weighted by Gasteiger charge is 2.14. The van der Waals surface area contributed by atoms with Gasteiger partial charge in [0.2, 0.25) is 0 Å². The highest BCUT2D eigenvalue weighted by Crippen LogP contribution is 2.21. The number of aromatic amines is 1. The lowest BCUT2D eigenvalue weighted by Crippen LogP contribution is -2.16. The standard InChI is InChI=1S/C12H13N3O/c1-8(2)10-11(14-7-15-12(10)16)9-5-3-4-6-13-9/h3-8H,1-2H3,(H,14,15,16). The summed E-state index contributed by atoms with van der Waals surface area (Å²) in [5.74, 6) is 0.120. The first-order valence-corrected chi connectivity index (χ1v) is 5.19. The van der Waals surface area contributed by atoms with E-state index in [1.54, 1.807) is 6.20 Å². The average molecular weight is 215 g/mol. The van der Waals surface area contributed by atoms with Crippen molar-refractivity contribution in [3.05, 3.63) is 46.6 Å². The Hall–Kier alpha value is -1.97. The molecule has 0 aliphatic rings. The predicted octanol–water partition coefficient (Wildman–Crippen LogP) is 1.96. The summed E-state index contributed by atoms with van der Waals surface area (Å²) in [7, 11) is 0. The van der Waals surface area contributed by atoms with Gasteiger partial charge < -0.3 is 4.98 Å². The summed E-state index contributed by atoms with van der Waals surface area (Å²) < 4.78 is 0. The molecule has 82 valence electrons. The van der Waals surface area contributed by atoms with E-state index in [-0.39, 0.29) is 11.5 Å². The van der Waals surface area contributed by atoms with Gasteiger partial charge >= 0.3 is 0 Å². The normalized spacial score (nSPS) is 10.7. The minimum atomic E-state index is -0.0920. The summed E-state index contributed by atoms with van der Waals surface area (Å²) in [4.78, 5) is 22.8. The molecule has 4 heteroatoms. The Morgan fingerprint density at radius 2 is 2.06 bits per heavy atom. The van der Waals surface area contributed by atoms with E-state index in [1.807, 2.05) is 32.0 Å². The minimum absolute atomic E-state index is 0.0920. The summed E-state index contributed by atoms with van der Waals surface area (Å²) in [6.07, 6.45) is 3.11. The molecule has 0 aromatic carbocycles. The van der Waals surface area contributed by atoms with Gasteiger partial charge in [-0.05, 0) is 18.1 Å². The Morgan fingerprint density at radius 3 is 2.69 bits per heavy atom. The highest BCUT2D eigenvalue weighted by atomic mass is 16.1. The highest BCUT2D eigenvalue weighted by molar-refractivity contribution is 5.58. The van der Waals surface area contributed by atoms with Crippen molar-refractivity contribution >= 4 is 0 Å². The number of pyridine rings is 1. The number of H-pyrrole nitrogens is 1. The number of rotatable bonds is 2. The van der Waals surface area contributed by atoms with Crippen LogP contribution >= 0.6 is 0 Å². The number of nitrogens with one attached hydrogen (secondary N) is 1. The van der Waals surface area contributed by atoms with Crippen LogP contribution in [0.2, 0.25) is 0 Å². The quantitative estimate of drug-likeness (QED) is 0.833. The SMILES string of the molecule is CC(C)c1c(-c2ccccn2)nc[nH]c1=O. The van der Waals surface area contributed by atoms with E-state index in [0.29, 0.717) is 11.3 Å². The lowest BCUT2D eigenvalue weighted by Gasteiger charge is -2.09. The molecule has 0 atom stereocenters. The summed E-state index contributed by atoms with van der Waals surface area (Å²) in [6, 6.07) is 5.58. The van der Waals surface area contributed by atoms with E-state index in [0.717, 1.165) is 5.69 Å². The Bertz CT molecular complexity index is 531. The Balaban J connectivity index is 2.66. The molecule has 0 bridgehead atoms. The van der Waals surface area contributed by atoms with Gasteiger partial charge in [-0.2, -0.15) is 0 Å². The zero-order valence-corrected chi connectivity index (χ0v) is 9.27. The van der Waals surface area contributed by atoms with Gasteiger partial charge in [-0.1, -0.05) is 19.9 Å². The van der Waals surface area contributed by atoms with Crippen LogP contribution in [0.5, 0.6) is 0 Å². The third-order valence-electron chi connectivity index (χ3n) is 2.37. The van der Waals surface area contributed by atoms with Crippen molar-refractivity contribution in [3.8, 4) is 11.4 Å². The summed E-state index contributed by atoms with van der Waals surface area (Å²) >= 11 is 0. The van der Waals surface area contributed by atoms with Crippen molar-refractivity contribution in [3.63, 3.8) is 0 Å². The molecule has 0 fully saturated rings. The second-order valence-corrected chi connectivity index (χ2v) is 3.86. The molecule has 0 aliphatic heterocycles. The molecule has 16 heavy (non-hydrogen) atoms. The van der Waals surface area contributed by atoms with Gasteiger partial charge in [-0.25, -0.2) is 4.98 Å². The van der Waals surface area contributed by atoms with Crippen LogP contribution in [0.4, 0.5) is 0 Å². The van der Waals surface area contributed by atoms with E-state index >= 15 is 0 Å². The average Bonchev–Trinajstić information content (AvgIpc) is 2.29. The summed E-state index contributed by atoms with van der Waals surface area (Å²) in [5, 5.41) is 0. The van der Waals surface area contributed by atoms with Crippen LogP contribution in [0.25, 0.3) is 11.4 Å². The lowest BCUT2D eigenvalue weighted by molar-refractivity contribution is 0.832. The fourth-order valence-electron chi connectivity index (χ4n) is 1.65. The van der Waals surface area contributed by atoms with Crippen LogP contribution in [-0.4, -0.2) is 15.0 Å². The second-order valence-electron chi connectivity index (χ2n) is 3.86. The first kappa shape index (κ1) is 10.5. The largest absolute Gasteiger partial charge is 0.313 e. The minimum Gasteiger partial charge on any atom is -0.313 e. The van der Waals surface area contributed by atoms with Crippen LogP contribution in [0, 0.1) is 0 Å². The van der Waals surface area contributed by atoms with Crippen LogP contribution in [-0.2, 0) is 0 Å². The topological polar surface area (TPSA) is 58.6 Å². The van der Waals surface area contributed by atoms with E-state index in [2.05, 4.69) is 15.0 Å². The molecule has 0 aliphatic carbocycles. The van der Waals surface area contributed by atoms with E-state index in [9.17, 15) is 4.79 Å². The van der Waals surface area contributed by atoms with Crippen LogP contribution < -0.4 is 5.56 Å². The second kappa shape index (κ2) is 4.26. The number of hydrogen-bond acceptors (Lipinski definition) is 3. The van der Waals surface area contributed by atoms with Gasteiger partial charge in [-0.3, -0.25) is 9.78 Å². The fraction of sp³-hybridized carbons (Fsp3) is 0.250. The first-order chi connectivity index (χ1) is 7.70. The van der Waals surface area contributed by atoms with Crippen molar-refractivity contribution in [1.29, 1.82) is 0 Å². The predicted molar refractivity (Wildman–Crippen MR) is 62.2 cm³/mol. The molecule has 2 aromatic rings. The molecule has 0 unspecified atom stereocenters. The lowest BCUT2D eigenvalue weighted by atomic mass is 10.0. The summed E-state index contributed by atoms with van der Waals surface area (Å²) in [6.45, 7) is 3.94. The molecule has 0 spiro atoms. The first-order valence-electron chi connectivity index (χ1n) is 5.19. The van der Waals surface area contributed by atoms with Crippen molar-refractivity contribution in [2.75, 3.05) is 0 Å². The molecule has 0 saturated carbocycles. The van der Waals surface area contributed by atoms with E-state index in [4.69, 9.17) is 0 Å².